The van der Waals surface area contributed by atoms with Gasteiger partial charge in [0.15, 0.2) is 0 Å². The molecule has 2 rings (SSSR count). The van der Waals surface area contributed by atoms with Gasteiger partial charge in [-0.3, -0.25) is 0 Å². The van der Waals surface area contributed by atoms with Crippen LogP contribution in [0.2, 0.25) is 0 Å². The SMILES string of the molecule is CC1CCCCC1(N)C1CCCC(S(C)(=O)=O)C1. The zero-order chi connectivity index (χ0) is 13.4. The highest BCUT2D eigenvalue weighted by atomic mass is 32.2. The summed E-state index contributed by atoms with van der Waals surface area (Å²) in [6.07, 6.45) is 9.92. The first-order chi connectivity index (χ1) is 8.34. The van der Waals surface area contributed by atoms with Crippen LogP contribution in [0.4, 0.5) is 0 Å². The van der Waals surface area contributed by atoms with Crippen LogP contribution < -0.4 is 5.73 Å². The Balaban J connectivity index is 2.13. The first-order valence-corrected chi connectivity index (χ1v) is 9.27. The van der Waals surface area contributed by atoms with Crippen LogP contribution in [0.3, 0.4) is 0 Å². The summed E-state index contributed by atoms with van der Waals surface area (Å²) in [6.45, 7) is 2.25. The average molecular weight is 273 g/mol. The molecule has 2 N–H and O–H groups in total. The van der Waals surface area contributed by atoms with Crippen molar-refractivity contribution in [2.24, 2.45) is 17.6 Å². The summed E-state index contributed by atoms with van der Waals surface area (Å²) in [5, 5.41) is -0.147. The van der Waals surface area contributed by atoms with Crippen molar-refractivity contribution in [2.45, 2.75) is 69.1 Å². The predicted octanol–water partition coefficient (Wildman–Crippen LogP) is 2.50. The molecule has 0 bridgehead atoms. The molecule has 2 saturated carbocycles. The second kappa shape index (κ2) is 5.12. The molecule has 0 aliphatic heterocycles. The molecule has 3 nitrogen and oxygen atoms in total. The lowest BCUT2D eigenvalue weighted by atomic mass is 9.63. The van der Waals surface area contributed by atoms with E-state index in [1.165, 1.54) is 25.5 Å². The van der Waals surface area contributed by atoms with Crippen LogP contribution in [-0.2, 0) is 9.84 Å². The summed E-state index contributed by atoms with van der Waals surface area (Å²) in [7, 11) is -2.90. The molecule has 0 aromatic carbocycles. The Bertz CT molecular complexity index is 393. The highest BCUT2D eigenvalue weighted by Crippen LogP contribution is 2.44. The molecular formula is C14H27NO2S. The Morgan fingerprint density at radius 2 is 1.83 bits per heavy atom. The zero-order valence-corrected chi connectivity index (χ0v) is 12.5. The largest absolute Gasteiger partial charge is 0.325 e. The minimum Gasteiger partial charge on any atom is -0.325 e. The van der Waals surface area contributed by atoms with Crippen molar-refractivity contribution in [3.63, 3.8) is 0 Å². The Morgan fingerprint density at radius 3 is 2.44 bits per heavy atom. The molecule has 0 radical (unpaired) electrons. The van der Waals surface area contributed by atoms with E-state index in [1.54, 1.807) is 0 Å². The molecule has 18 heavy (non-hydrogen) atoms. The number of sulfone groups is 1. The molecule has 0 aromatic rings. The summed E-state index contributed by atoms with van der Waals surface area (Å²) in [4.78, 5) is 0. The number of hydrogen-bond donors (Lipinski definition) is 1. The molecule has 0 amide bonds. The highest BCUT2D eigenvalue weighted by Gasteiger charge is 2.44. The molecule has 0 aromatic heterocycles. The maximum Gasteiger partial charge on any atom is 0.150 e. The van der Waals surface area contributed by atoms with Crippen molar-refractivity contribution in [1.29, 1.82) is 0 Å². The van der Waals surface area contributed by atoms with Crippen molar-refractivity contribution in [3.8, 4) is 0 Å². The minimum atomic E-state index is -2.90. The van der Waals surface area contributed by atoms with E-state index in [0.29, 0.717) is 11.8 Å². The summed E-state index contributed by atoms with van der Waals surface area (Å²) in [5.41, 5.74) is 6.58. The van der Waals surface area contributed by atoms with E-state index in [4.69, 9.17) is 5.73 Å². The minimum absolute atomic E-state index is 0.110. The molecule has 4 unspecified atom stereocenters. The molecule has 0 saturated heterocycles. The first-order valence-electron chi connectivity index (χ1n) is 7.32. The molecule has 106 valence electrons. The monoisotopic (exact) mass is 273 g/mol. The number of rotatable bonds is 2. The van der Waals surface area contributed by atoms with Crippen molar-refractivity contribution in [1.82, 2.24) is 0 Å². The van der Waals surface area contributed by atoms with Gasteiger partial charge >= 0.3 is 0 Å². The topological polar surface area (TPSA) is 60.2 Å². The Morgan fingerprint density at radius 1 is 1.11 bits per heavy atom. The van der Waals surface area contributed by atoms with E-state index in [2.05, 4.69) is 6.92 Å². The van der Waals surface area contributed by atoms with Crippen molar-refractivity contribution < 1.29 is 8.42 Å². The van der Waals surface area contributed by atoms with E-state index in [1.807, 2.05) is 0 Å². The number of nitrogens with two attached hydrogens (primary N) is 1. The average Bonchev–Trinajstić information content (AvgIpc) is 2.32. The van der Waals surface area contributed by atoms with E-state index < -0.39 is 9.84 Å². The molecule has 2 fully saturated rings. The normalized spacial score (nSPS) is 42.7. The van der Waals surface area contributed by atoms with Crippen LogP contribution >= 0.6 is 0 Å². The van der Waals surface area contributed by atoms with Gasteiger partial charge in [-0.1, -0.05) is 26.2 Å². The third-order valence-corrected chi connectivity index (χ3v) is 7.05. The van der Waals surface area contributed by atoms with Gasteiger partial charge in [0.05, 0.1) is 5.25 Å². The van der Waals surface area contributed by atoms with Gasteiger partial charge in [0.1, 0.15) is 9.84 Å². The van der Waals surface area contributed by atoms with Gasteiger partial charge in [0.25, 0.3) is 0 Å². The van der Waals surface area contributed by atoms with Gasteiger partial charge in [-0.2, -0.15) is 0 Å². The van der Waals surface area contributed by atoms with Gasteiger partial charge in [0.2, 0.25) is 0 Å². The fraction of sp³-hybridized carbons (Fsp3) is 1.00. The van der Waals surface area contributed by atoms with Crippen LogP contribution in [0.15, 0.2) is 0 Å². The second-order valence-electron chi connectivity index (χ2n) is 6.57. The van der Waals surface area contributed by atoms with Crippen molar-refractivity contribution in [2.75, 3.05) is 6.26 Å². The quantitative estimate of drug-likeness (QED) is 0.841. The Labute approximate surface area is 111 Å². The predicted molar refractivity (Wildman–Crippen MR) is 75.1 cm³/mol. The Kier molecular flexibility index (Phi) is 4.07. The zero-order valence-electron chi connectivity index (χ0n) is 11.7. The van der Waals surface area contributed by atoms with E-state index >= 15 is 0 Å². The molecule has 4 heteroatoms. The van der Waals surface area contributed by atoms with Crippen LogP contribution in [0.5, 0.6) is 0 Å². The van der Waals surface area contributed by atoms with E-state index in [-0.39, 0.29) is 10.8 Å². The third-order valence-electron chi connectivity index (χ3n) is 5.41. The fourth-order valence-electron chi connectivity index (χ4n) is 4.03. The standard InChI is InChI=1S/C14H27NO2S/c1-11-6-3-4-9-14(11,15)12-7-5-8-13(10-12)18(2,16)17/h11-13H,3-10,15H2,1-2H3. The van der Waals surface area contributed by atoms with E-state index in [9.17, 15) is 8.42 Å². The number of hydrogen-bond acceptors (Lipinski definition) is 3. The lowest BCUT2D eigenvalue weighted by Crippen LogP contribution is -2.56. The fourth-order valence-corrected chi connectivity index (χ4v) is 5.20. The van der Waals surface area contributed by atoms with Crippen LogP contribution in [0.25, 0.3) is 0 Å². The maximum absolute atomic E-state index is 11.8. The second-order valence-corrected chi connectivity index (χ2v) is 8.90. The molecular weight excluding hydrogens is 246 g/mol. The van der Waals surface area contributed by atoms with Crippen LogP contribution in [-0.4, -0.2) is 25.5 Å². The van der Waals surface area contributed by atoms with Crippen molar-refractivity contribution in [3.05, 3.63) is 0 Å². The summed E-state index contributed by atoms with van der Waals surface area (Å²) in [5.74, 6) is 0.941. The van der Waals surface area contributed by atoms with E-state index in [0.717, 1.165) is 32.1 Å². The summed E-state index contributed by atoms with van der Waals surface area (Å²) in [6, 6.07) is 0. The first kappa shape index (κ1) is 14.3. The molecule has 2 aliphatic rings. The molecule has 2 aliphatic carbocycles. The third kappa shape index (κ3) is 2.74. The Hall–Kier alpha value is -0.0900. The van der Waals surface area contributed by atoms with Crippen molar-refractivity contribution >= 4 is 9.84 Å². The summed E-state index contributed by atoms with van der Waals surface area (Å²) < 4.78 is 23.5. The van der Waals surface area contributed by atoms with Gasteiger partial charge in [-0.25, -0.2) is 8.42 Å². The highest BCUT2D eigenvalue weighted by molar-refractivity contribution is 7.91. The maximum atomic E-state index is 11.8. The van der Waals surface area contributed by atoms with Gasteiger partial charge in [0, 0.05) is 11.8 Å². The lowest BCUT2D eigenvalue weighted by Gasteiger charge is -2.48. The van der Waals surface area contributed by atoms with Gasteiger partial charge in [-0.05, 0) is 43.9 Å². The molecule has 0 spiro atoms. The van der Waals surface area contributed by atoms with Gasteiger partial charge in [-0.15, -0.1) is 0 Å². The lowest BCUT2D eigenvalue weighted by molar-refractivity contribution is 0.101. The van der Waals surface area contributed by atoms with Crippen LogP contribution in [0, 0.1) is 11.8 Å². The molecule has 0 heterocycles. The van der Waals surface area contributed by atoms with Crippen LogP contribution in [0.1, 0.15) is 58.3 Å². The molecule has 4 atom stereocenters. The summed E-state index contributed by atoms with van der Waals surface area (Å²) >= 11 is 0. The van der Waals surface area contributed by atoms with Gasteiger partial charge < -0.3 is 5.73 Å². The smallest absolute Gasteiger partial charge is 0.150 e.